The monoisotopic (exact) mass is 311 g/mol. The van der Waals surface area contributed by atoms with Gasteiger partial charge in [-0.3, -0.25) is 4.79 Å². The Hall–Kier alpha value is -1.10. The third-order valence-electron chi connectivity index (χ3n) is 4.40. The molecule has 1 unspecified atom stereocenters. The molecule has 1 saturated heterocycles. The summed E-state index contributed by atoms with van der Waals surface area (Å²) < 4.78 is 7.31. The van der Waals surface area contributed by atoms with Crippen molar-refractivity contribution < 1.29 is 14.3 Å². The second-order valence-corrected chi connectivity index (χ2v) is 13.3. The number of esters is 1. The molecule has 1 fully saturated rings. The zero-order chi connectivity index (χ0) is 16.8. The van der Waals surface area contributed by atoms with Gasteiger partial charge in [0.1, 0.15) is 5.60 Å². The minimum atomic E-state index is -2.10. The van der Waals surface area contributed by atoms with Crippen LogP contribution in [0.1, 0.15) is 48.5 Å². The van der Waals surface area contributed by atoms with E-state index in [0.29, 0.717) is 5.57 Å². The van der Waals surface area contributed by atoms with Gasteiger partial charge in [0.2, 0.25) is 5.91 Å². The van der Waals surface area contributed by atoms with Crippen molar-refractivity contribution in [3.8, 4) is 0 Å². The van der Waals surface area contributed by atoms with Gasteiger partial charge in [-0.15, -0.1) is 0 Å². The zero-order valence-corrected chi connectivity index (χ0v) is 15.8. The first-order valence-corrected chi connectivity index (χ1v) is 10.4. The highest BCUT2D eigenvalue weighted by atomic mass is 28.3. The number of rotatable bonds is 2. The van der Waals surface area contributed by atoms with E-state index in [1.165, 1.54) is 0 Å². The normalized spacial score (nSPS) is 22.3. The highest BCUT2D eigenvalue weighted by Crippen LogP contribution is 2.44. The van der Waals surface area contributed by atoms with Gasteiger partial charge in [0.05, 0.1) is 0 Å². The molecule has 0 aromatic carbocycles. The van der Waals surface area contributed by atoms with Gasteiger partial charge >= 0.3 is 5.97 Å². The van der Waals surface area contributed by atoms with Crippen LogP contribution in [0.2, 0.25) is 18.1 Å². The van der Waals surface area contributed by atoms with Gasteiger partial charge in [0.25, 0.3) is 0 Å². The average molecular weight is 311 g/mol. The SMILES string of the molecule is C/C=C1/C(=O)N([Si](C)(C)C(C)(C)C)C1C(=O)OC(C)(C)C. The lowest BCUT2D eigenvalue weighted by Gasteiger charge is -2.54. The number of allylic oxidation sites excluding steroid dienone is 1. The molecule has 0 N–H and O–H groups in total. The minimum absolute atomic E-state index is 0.0117. The minimum Gasteiger partial charge on any atom is -0.458 e. The summed E-state index contributed by atoms with van der Waals surface area (Å²) in [5, 5.41) is -0.0117. The number of amides is 1. The Kier molecular flexibility index (Phi) is 4.50. The fourth-order valence-electron chi connectivity index (χ4n) is 2.26. The summed E-state index contributed by atoms with van der Waals surface area (Å²) in [5.74, 6) is -0.333. The second kappa shape index (κ2) is 5.27. The topological polar surface area (TPSA) is 46.6 Å². The Morgan fingerprint density at radius 2 is 1.67 bits per heavy atom. The van der Waals surface area contributed by atoms with E-state index >= 15 is 0 Å². The number of hydrogen-bond acceptors (Lipinski definition) is 3. The van der Waals surface area contributed by atoms with Crippen LogP contribution >= 0.6 is 0 Å². The van der Waals surface area contributed by atoms with Gasteiger partial charge in [-0.1, -0.05) is 39.9 Å². The number of β-lactam (4-membered cyclic amide) rings is 1. The summed E-state index contributed by atoms with van der Waals surface area (Å²) >= 11 is 0. The van der Waals surface area contributed by atoms with Gasteiger partial charge < -0.3 is 9.30 Å². The van der Waals surface area contributed by atoms with Crippen LogP contribution in [0.3, 0.4) is 0 Å². The molecule has 0 bridgehead atoms. The first kappa shape index (κ1) is 17.9. The second-order valence-electron chi connectivity index (χ2n) is 8.16. The molecule has 4 nitrogen and oxygen atoms in total. The molecular formula is C16H29NO3Si. The van der Waals surface area contributed by atoms with Crippen LogP contribution in [-0.4, -0.2) is 36.3 Å². The van der Waals surface area contributed by atoms with Crippen molar-refractivity contribution in [3.63, 3.8) is 0 Å². The molecule has 120 valence electrons. The summed E-state index contributed by atoms with van der Waals surface area (Å²) in [6.07, 6.45) is 1.74. The average Bonchev–Trinajstić information content (AvgIpc) is 2.21. The molecule has 21 heavy (non-hydrogen) atoms. The molecule has 1 rings (SSSR count). The Balaban J connectivity index is 3.15. The molecule has 1 heterocycles. The van der Waals surface area contributed by atoms with Crippen LogP contribution in [0.4, 0.5) is 0 Å². The summed E-state index contributed by atoms with van der Waals surface area (Å²) in [6.45, 7) is 18.0. The first-order valence-electron chi connectivity index (χ1n) is 7.47. The van der Waals surface area contributed by atoms with E-state index < -0.39 is 19.9 Å². The maximum absolute atomic E-state index is 12.5. The van der Waals surface area contributed by atoms with Gasteiger partial charge in [-0.05, 0) is 32.7 Å². The zero-order valence-electron chi connectivity index (χ0n) is 14.8. The van der Waals surface area contributed by atoms with Gasteiger partial charge in [-0.25, -0.2) is 4.79 Å². The van der Waals surface area contributed by atoms with E-state index in [1.54, 1.807) is 17.6 Å². The number of carbonyl (C=O) groups is 2. The molecule has 0 spiro atoms. The maximum Gasteiger partial charge on any atom is 0.333 e. The third-order valence-corrected chi connectivity index (χ3v) is 9.73. The van der Waals surface area contributed by atoms with E-state index in [2.05, 4.69) is 33.9 Å². The lowest BCUT2D eigenvalue weighted by atomic mass is 9.97. The number of carbonyl (C=O) groups excluding carboxylic acids is 2. The molecule has 0 aromatic rings. The van der Waals surface area contributed by atoms with Crippen molar-refractivity contribution >= 4 is 20.1 Å². The Morgan fingerprint density at radius 1 is 1.19 bits per heavy atom. The molecular weight excluding hydrogens is 282 g/mol. The molecule has 1 atom stereocenters. The smallest absolute Gasteiger partial charge is 0.333 e. The fraction of sp³-hybridized carbons (Fsp3) is 0.750. The summed E-state index contributed by atoms with van der Waals surface area (Å²) in [5.41, 5.74) is 0.0160. The lowest BCUT2D eigenvalue weighted by Crippen LogP contribution is -2.71. The van der Waals surface area contributed by atoms with Crippen molar-refractivity contribution in [3.05, 3.63) is 11.6 Å². The van der Waals surface area contributed by atoms with Crippen molar-refractivity contribution in [1.82, 2.24) is 4.57 Å². The maximum atomic E-state index is 12.5. The third kappa shape index (κ3) is 3.23. The van der Waals surface area contributed by atoms with E-state index in [1.807, 2.05) is 20.8 Å². The van der Waals surface area contributed by atoms with Gasteiger partial charge in [0.15, 0.2) is 14.3 Å². The number of ether oxygens (including phenoxy) is 1. The summed E-state index contributed by atoms with van der Waals surface area (Å²) in [4.78, 5) is 25.0. The van der Waals surface area contributed by atoms with E-state index in [0.717, 1.165) is 0 Å². The van der Waals surface area contributed by atoms with E-state index in [-0.39, 0.29) is 16.9 Å². The largest absolute Gasteiger partial charge is 0.458 e. The van der Waals surface area contributed by atoms with Crippen LogP contribution in [0.25, 0.3) is 0 Å². The van der Waals surface area contributed by atoms with Crippen molar-refractivity contribution in [2.24, 2.45) is 0 Å². The van der Waals surface area contributed by atoms with E-state index in [4.69, 9.17) is 4.74 Å². The van der Waals surface area contributed by atoms with E-state index in [9.17, 15) is 9.59 Å². The highest BCUT2D eigenvalue weighted by molar-refractivity contribution is 6.80. The lowest BCUT2D eigenvalue weighted by molar-refractivity contribution is -0.164. The highest BCUT2D eigenvalue weighted by Gasteiger charge is 2.57. The van der Waals surface area contributed by atoms with Crippen molar-refractivity contribution in [2.75, 3.05) is 0 Å². The molecule has 5 heteroatoms. The Labute approximate surface area is 129 Å². The molecule has 1 aliphatic heterocycles. The molecule has 1 amide bonds. The standard InChI is InChI=1S/C16H29NO3Si/c1-10-11-12(14(19)20-15(2,3)4)17(13(11)18)21(8,9)16(5,6)7/h10,12H,1-9H3/b11-10+. The van der Waals surface area contributed by atoms with Crippen LogP contribution in [0.5, 0.6) is 0 Å². The predicted molar refractivity (Wildman–Crippen MR) is 87.4 cm³/mol. The molecule has 0 radical (unpaired) electrons. The summed E-state index contributed by atoms with van der Waals surface area (Å²) in [7, 11) is -2.10. The first-order chi connectivity index (χ1) is 9.24. The Bertz CT molecular complexity index is 481. The summed E-state index contributed by atoms with van der Waals surface area (Å²) in [6, 6.07) is -0.539. The van der Waals surface area contributed by atoms with Crippen LogP contribution < -0.4 is 0 Å². The Morgan fingerprint density at radius 3 is 2.00 bits per heavy atom. The van der Waals surface area contributed by atoms with Crippen LogP contribution in [-0.2, 0) is 14.3 Å². The number of nitrogens with zero attached hydrogens (tertiary/aromatic N) is 1. The molecule has 0 aromatic heterocycles. The number of hydrogen-bond donors (Lipinski definition) is 0. The van der Waals surface area contributed by atoms with Gasteiger partial charge in [-0.2, -0.15) is 0 Å². The molecule has 1 aliphatic rings. The molecule has 0 aliphatic carbocycles. The predicted octanol–water partition coefficient (Wildman–Crippen LogP) is 3.49. The van der Waals surface area contributed by atoms with Crippen molar-refractivity contribution in [2.45, 2.75) is 78.2 Å². The van der Waals surface area contributed by atoms with Crippen LogP contribution in [0.15, 0.2) is 11.6 Å². The van der Waals surface area contributed by atoms with Crippen molar-refractivity contribution in [1.29, 1.82) is 0 Å². The molecule has 0 saturated carbocycles. The quantitative estimate of drug-likeness (QED) is 0.339. The van der Waals surface area contributed by atoms with Gasteiger partial charge in [0, 0.05) is 5.57 Å². The fourth-order valence-corrected chi connectivity index (χ4v) is 4.51. The van der Waals surface area contributed by atoms with Crippen LogP contribution in [0, 0.1) is 0 Å².